The fraction of sp³-hybridized carbons (Fsp3) is 0.0769. The molecule has 0 bridgehead atoms. The molecule has 0 aliphatic rings. The van der Waals surface area contributed by atoms with E-state index in [9.17, 15) is 23.3 Å². The summed E-state index contributed by atoms with van der Waals surface area (Å²) < 4.78 is 40.2. The lowest BCUT2D eigenvalue weighted by Gasteiger charge is -2.10. The predicted octanol–water partition coefficient (Wildman–Crippen LogP) is 4.16. The van der Waals surface area contributed by atoms with Crippen molar-refractivity contribution in [3.8, 4) is 16.9 Å². The third-order valence-electron chi connectivity index (χ3n) is 2.48. The third kappa shape index (κ3) is 3.47. The van der Waals surface area contributed by atoms with Crippen LogP contribution in [0, 0.1) is 10.1 Å². The Hall–Kier alpha value is -2.57. The zero-order valence-corrected chi connectivity index (χ0v) is 9.92. The minimum absolute atomic E-state index is 0.0866. The Morgan fingerprint density at radius 3 is 2.20 bits per heavy atom. The number of alkyl halides is 3. The molecular weight excluding hydrogens is 275 g/mol. The van der Waals surface area contributed by atoms with Crippen LogP contribution in [0.2, 0.25) is 0 Å². The highest BCUT2D eigenvalue weighted by atomic mass is 19.4. The highest BCUT2D eigenvalue weighted by Gasteiger charge is 2.31. The summed E-state index contributed by atoms with van der Waals surface area (Å²) in [5.41, 5.74) is 0.946. The van der Waals surface area contributed by atoms with Crippen LogP contribution in [0.25, 0.3) is 11.1 Å². The van der Waals surface area contributed by atoms with Gasteiger partial charge in [0.25, 0.3) is 5.69 Å². The van der Waals surface area contributed by atoms with E-state index < -0.39 is 11.3 Å². The van der Waals surface area contributed by atoms with E-state index in [1.54, 1.807) is 6.07 Å². The average molecular weight is 283 g/mol. The molecule has 2 aromatic rings. The first kappa shape index (κ1) is 13.9. The molecule has 0 spiro atoms. The Balaban J connectivity index is 2.28. The molecule has 0 heterocycles. The van der Waals surface area contributed by atoms with Crippen molar-refractivity contribution >= 4 is 5.69 Å². The van der Waals surface area contributed by atoms with Gasteiger partial charge in [-0.1, -0.05) is 12.1 Å². The number of hydrogen-bond acceptors (Lipinski definition) is 3. The number of nitro benzene ring substituents is 1. The summed E-state index contributed by atoms with van der Waals surface area (Å²) in [6, 6.07) is 10.9. The Morgan fingerprint density at radius 1 is 1.00 bits per heavy atom. The first-order valence-corrected chi connectivity index (χ1v) is 5.46. The lowest BCUT2D eigenvalue weighted by molar-refractivity contribution is -0.384. The molecule has 2 rings (SSSR count). The molecule has 0 aliphatic carbocycles. The molecule has 20 heavy (non-hydrogen) atoms. The minimum atomic E-state index is -4.76. The molecule has 0 amide bonds. The summed E-state index contributed by atoms with van der Waals surface area (Å²) in [5, 5.41) is 10.5. The van der Waals surface area contributed by atoms with Gasteiger partial charge in [-0.05, 0) is 35.4 Å². The Labute approximate surface area is 111 Å². The highest BCUT2D eigenvalue weighted by Crippen LogP contribution is 2.28. The second-order valence-electron chi connectivity index (χ2n) is 3.88. The zero-order valence-electron chi connectivity index (χ0n) is 9.92. The normalized spacial score (nSPS) is 11.2. The summed E-state index contributed by atoms with van der Waals surface area (Å²) >= 11 is 0. The Morgan fingerprint density at radius 2 is 1.65 bits per heavy atom. The van der Waals surface area contributed by atoms with Crippen LogP contribution in [0.3, 0.4) is 0 Å². The molecule has 7 heteroatoms. The number of halogens is 3. The molecule has 0 atom stereocenters. The van der Waals surface area contributed by atoms with Crippen LogP contribution in [0.4, 0.5) is 18.9 Å². The van der Waals surface area contributed by atoms with Gasteiger partial charge in [0.15, 0.2) is 0 Å². The van der Waals surface area contributed by atoms with Crippen LogP contribution in [-0.4, -0.2) is 11.3 Å². The summed E-state index contributed by atoms with van der Waals surface area (Å²) in [4.78, 5) is 9.97. The maximum atomic E-state index is 12.1. The van der Waals surface area contributed by atoms with E-state index in [1.807, 2.05) is 0 Å². The predicted molar refractivity (Wildman–Crippen MR) is 65.2 cm³/mol. The molecule has 0 N–H and O–H groups in total. The van der Waals surface area contributed by atoms with E-state index in [2.05, 4.69) is 4.74 Å². The standard InChI is InChI=1S/C13H8F3NO3/c14-13(15,16)20-12-3-1-2-10(8-12)9-4-6-11(7-5-9)17(18)19/h1-8H. The molecule has 2 aromatic carbocycles. The van der Waals surface area contributed by atoms with Gasteiger partial charge < -0.3 is 4.74 Å². The van der Waals surface area contributed by atoms with Crippen LogP contribution < -0.4 is 4.74 Å². The van der Waals surface area contributed by atoms with Gasteiger partial charge in [0.05, 0.1) is 4.92 Å². The maximum Gasteiger partial charge on any atom is 0.573 e. The molecule has 0 radical (unpaired) electrons. The fourth-order valence-corrected chi connectivity index (χ4v) is 1.65. The Bertz CT molecular complexity index is 624. The molecule has 0 aromatic heterocycles. The fourth-order valence-electron chi connectivity index (χ4n) is 1.65. The topological polar surface area (TPSA) is 52.4 Å². The van der Waals surface area contributed by atoms with Crippen molar-refractivity contribution in [1.82, 2.24) is 0 Å². The van der Waals surface area contributed by atoms with Crippen molar-refractivity contribution in [2.75, 3.05) is 0 Å². The zero-order chi connectivity index (χ0) is 14.8. The summed E-state index contributed by atoms with van der Waals surface area (Å²) in [7, 11) is 0. The van der Waals surface area contributed by atoms with Crippen LogP contribution in [0.15, 0.2) is 48.5 Å². The van der Waals surface area contributed by atoms with Gasteiger partial charge >= 0.3 is 6.36 Å². The molecule has 0 saturated heterocycles. The first-order chi connectivity index (χ1) is 9.35. The average Bonchev–Trinajstić information content (AvgIpc) is 2.37. The highest BCUT2D eigenvalue weighted by molar-refractivity contribution is 5.66. The van der Waals surface area contributed by atoms with Crippen molar-refractivity contribution in [2.24, 2.45) is 0 Å². The lowest BCUT2D eigenvalue weighted by Crippen LogP contribution is -2.17. The molecule has 4 nitrogen and oxygen atoms in total. The van der Waals surface area contributed by atoms with Gasteiger partial charge in [0, 0.05) is 12.1 Å². The third-order valence-corrected chi connectivity index (χ3v) is 2.48. The maximum absolute atomic E-state index is 12.1. The number of hydrogen-bond donors (Lipinski definition) is 0. The van der Waals surface area contributed by atoms with Crippen LogP contribution in [0.5, 0.6) is 5.75 Å². The van der Waals surface area contributed by atoms with E-state index in [0.717, 1.165) is 0 Å². The smallest absolute Gasteiger partial charge is 0.406 e. The molecule has 0 saturated carbocycles. The monoisotopic (exact) mass is 283 g/mol. The molecule has 0 fully saturated rings. The van der Waals surface area contributed by atoms with Crippen molar-refractivity contribution in [1.29, 1.82) is 0 Å². The van der Waals surface area contributed by atoms with Gasteiger partial charge in [-0.15, -0.1) is 13.2 Å². The largest absolute Gasteiger partial charge is 0.573 e. The number of nitrogens with zero attached hydrogens (tertiary/aromatic N) is 1. The second-order valence-corrected chi connectivity index (χ2v) is 3.88. The minimum Gasteiger partial charge on any atom is -0.406 e. The van der Waals surface area contributed by atoms with Crippen molar-refractivity contribution in [3.63, 3.8) is 0 Å². The number of rotatable bonds is 3. The summed E-state index contributed by atoms with van der Waals surface area (Å²) in [6.45, 7) is 0. The van der Waals surface area contributed by atoms with E-state index in [0.29, 0.717) is 11.1 Å². The quantitative estimate of drug-likeness (QED) is 0.627. The number of benzene rings is 2. The van der Waals surface area contributed by atoms with E-state index in [1.165, 1.54) is 42.5 Å². The van der Waals surface area contributed by atoms with Crippen molar-refractivity contribution in [3.05, 3.63) is 58.6 Å². The van der Waals surface area contributed by atoms with Gasteiger partial charge in [-0.2, -0.15) is 0 Å². The van der Waals surface area contributed by atoms with E-state index in [-0.39, 0.29) is 11.4 Å². The number of nitro groups is 1. The molecule has 0 unspecified atom stereocenters. The summed E-state index contributed by atoms with van der Waals surface area (Å²) in [5.74, 6) is -0.339. The van der Waals surface area contributed by atoms with E-state index in [4.69, 9.17) is 0 Å². The number of ether oxygens (including phenoxy) is 1. The molecular formula is C13H8F3NO3. The van der Waals surface area contributed by atoms with Crippen molar-refractivity contribution < 1.29 is 22.8 Å². The van der Waals surface area contributed by atoms with Crippen LogP contribution >= 0.6 is 0 Å². The molecule has 0 aliphatic heterocycles. The van der Waals surface area contributed by atoms with Gasteiger partial charge in [0.1, 0.15) is 5.75 Å². The lowest BCUT2D eigenvalue weighted by atomic mass is 10.1. The Kier molecular flexibility index (Phi) is 3.60. The SMILES string of the molecule is O=[N+]([O-])c1ccc(-c2cccc(OC(F)(F)F)c2)cc1. The van der Waals surface area contributed by atoms with Gasteiger partial charge in [-0.25, -0.2) is 0 Å². The second kappa shape index (κ2) is 5.20. The van der Waals surface area contributed by atoms with Crippen LogP contribution in [0.1, 0.15) is 0 Å². The van der Waals surface area contributed by atoms with Crippen molar-refractivity contribution in [2.45, 2.75) is 6.36 Å². The summed E-state index contributed by atoms with van der Waals surface area (Å²) in [6.07, 6.45) is -4.76. The van der Waals surface area contributed by atoms with Gasteiger partial charge in [-0.3, -0.25) is 10.1 Å². The van der Waals surface area contributed by atoms with Gasteiger partial charge in [0.2, 0.25) is 0 Å². The number of non-ortho nitro benzene ring substituents is 1. The first-order valence-electron chi connectivity index (χ1n) is 5.46. The molecule has 104 valence electrons. The van der Waals surface area contributed by atoms with Crippen LogP contribution in [-0.2, 0) is 0 Å². The van der Waals surface area contributed by atoms with E-state index >= 15 is 0 Å².